The summed E-state index contributed by atoms with van der Waals surface area (Å²) in [7, 11) is 0. The van der Waals surface area contributed by atoms with E-state index in [-0.39, 0.29) is 25.8 Å². The van der Waals surface area contributed by atoms with Crippen LogP contribution in [0.4, 0.5) is 10.5 Å². The maximum Gasteiger partial charge on any atom is 0.408 e. The molecule has 0 spiro atoms. The molecule has 0 aliphatic carbocycles. The summed E-state index contributed by atoms with van der Waals surface area (Å²) in [6, 6.07) is 12.0. The molecule has 0 saturated heterocycles. The number of alkyl carbamates (subject to hydrolysis) is 1. The maximum absolute atomic E-state index is 12.4. The Bertz CT molecular complexity index is 983. The van der Waals surface area contributed by atoms with Crippen molar-refractivity contribution in [2.75, 3.05) is 18.7 Å². The smallest absolute Gasteiger partial charge is 0.408 e. The third-order valence-electron chi connectivity index (χ3n) is 4.09. The van der Waals surface area contributed by atoms with Gasteiger partial charge in [0.05, 0.1) is 0 Å². The van der Waals surface area contributed by atoms with E-state index in [0.717, 1.165) is 5.56 Å². The van der Waals surface area contributed by atoms with Gasteiger partial charge in [0.1, 0.15) is 12.1 Å². The van der Waals surface area contributed by atoms with Gasteiger partial charge in [-0.15, -0.1) is 0 Å². The lowest BCUT2D eigenvalue weighted by molar-refractivity contribution is -0.115. The molecule has 31 heavy (non-hydrogen) atoms. The van der Waals surface area contributed by atoms with E-state index in [1.54, 1.807) is 57.2 Å². The van der Waals surface area contributed by atoms with Gasteiger partial charge in [0, 0.05) is 17.8 Å². The van der Waals surface area contributed by atoms with Crippen LogP contribution in [0.1, 0.15) is 36.7 Å². The molecule has 3 amide bonds. The van der Waals surface area contributed by atoms with Crippen LogP contribution < -0.4 is 25.4 Å². The molecule has 0 fully saturated rings. The fourth-order valence-corrected chi connectivity index (χ4v) is 2.75. The van der Waals surface area contributed by atoms with Gasteiger partial charge in [-0.25, -0.2) is 4.79 Å². The Morgan fingerprint density at radius 1 is 1.00 bits per heavy atom. The molecule has 2 aromatic carbocycles. The third-order valence-corrected chi connectivity index (χ3v) is 4.09. The molecule has 164 valence electrons. The first-order valence-electron chi connectivity index (χ1n) is 9.73. The minimum Gasteiger partial charge on any atom is -0.454 e. The number of carbonyl (C=O) groups excluding carboxylic acids is 3. The summed E-state index contributed by atoms with van der Waals surface area (Å²) in [6.45, 7) is 5.41. The summed E-state index contributed by atoms with van der Waals surface area (Å²) >= 11 is 0. The van der Waals surface area contributed by atoms with E-state index < -0.39 is 17.6 Å². The molecule has 2 aromatic rings. The average molecular weight is 427 g/mol. The largest absolute Gasteiger partial charge is 0.454 e. The summed E-state index contributed by atoms with van der Waals surface area (Å²) in [4.78, 5) is 36.1. The number of anilines is 1. The Morgan fingerprint density at radius 3 is 2.55 bits per heavy atom. The van der Waals surface area contributed by atoms with Gasteiger partial charge in [-0.1, -0.05) is 12.1 Å². The number of ether oxygens (including phenoxy) is 3. The van der Waals surface area contributed by atoms with Crippen molar-refractivity contribution in [1.29, 1.82) is 0 Å². The summed E-state index contributed by atoms with van der Waals surface area (Å²) in [5.41, 5.74) is 1.17. The van der Waals surface area contributed by atoms with E-state index in [1.807, 2.05) is 6.07 Å². The van der Waals surface area contributed by atoms with E-state index in [0.29, 0.717) is 22.7 Å². The standard InChI is InChI=1S/C22H25N3O6/c1-22(2,3)31-21(28)24-12-19(26)25-16-6-4-5-14(9-16)11-23-20(27)15-7-8-17-18(10-15)30-13-29-17/h4-10H,11-13H2,1-3H3,(H,23,27)(H,24,28)(H,25,26). The van der Waals surface area contributed by atoms with E-state index in [4.69, 9.17) is 14.2 Å². The van der Waals surface area contributed by atoms with Crippen molar-refractivity contribution in [3.8, 4) is 11.5 Å². The Hall–Kier alpha value is -3.75. The second kappa shape index (κ2) is 9.38. The molecule has 0 unspecified atom stereocenters. The normalized spacial score (nSPS) is 12.1. The second-order valence-electron chi connectivity index (χ2n) is 7.85. The van der Waals surface area contributed by atoms with Gasteiger partial charge in [-0.3, -0.25) is 9.59 Å². The Kier molecular flexibility index (Phi) is 6.64. The molecule has 3 N–H and O–H groups in total. The van der Waals surface area contributed by atoms with Crippen LogP contribution in [0.15, 0.2) is 42.5 Å². The van der Waals surface area contributed by atoms with Crippen LogP contribution in [-0.4, -0.2) is 36.8 Å². The number of fused-ring (bicyclic) bond motifs is 1. The highest BCUT2D eigenvalue weighted by molar-refractivity contribution is 5.95. The first kappa shape index (κ1) is 21.9. The highest BCUT2D eigenvalue weighted by Gasteiger charge is 2.17. The van der Waals surface area contributed by atoms with E-state index in [2.05, 4.69) is 16.0 Å². The lowest BCUT2D eigenvalue weighted by Gasteiger charge is -2.19. The zero-order chi connectivity index (χ0) is 22.4. The molecule has 1 aliphatic heterocycles. The van der Waals surface area contributed by atoms with Crippen LogP contribution in [0.5, 0.6) is 11.5 Å². The quantitative estimate of drug-likeness (QED) is 0.653. The molecular weight excluding hydrogens is 402 g/mol. The SMILES string of the molecule is CC(C)(C)OC(=O)NCC(=O)Nc1cccc(CNC(=O)c2ccc3c(c2)OCO3)c1. The van der Waals surface area contributed by atoms with E-state index >= 15 is 0 Å². The highest BCUT2D eigenvalue weighted by atomic mass is 16.7. The molecule has 1 heterocycles. The molecule has 0 saturated carbocycles. The number of benzene rings is 2. The first-order chi connectivity index (χ1) is 14.7. The van der Waals surface area contributed by atoms with E-state index in [9.17, 15) is 14.4 Å². The number of amides is 3. The zero-order valence-electron chi connectivity index (χ0n) is 17.6. The van der Waals surface area contributed by atoms with E-state index in [1.165, 1.54) is 0 Å². The van der Waals surface area contributed by atoms with Crippen LogP contribution in [0, 0.1) is 0 Å². The minimum absolute atomic E-state index is 0.145. The summed E-state index contributed by atoms with van der Waals surface area (Å²) in [5.74, 6) is 0.500. The Labute approximate surface area is 180 Å². The number of hydrogen-bond donors (Lipinski definition) is 3. The molecule has 3 rings (SSSR count). The molecule has 0 aromatic heterocycles. The van der Waals surface area contributed by atoms with Gasteiger partial charge in [0.15, 0.2) is 11.5 Å². The molecule has 9 nitrogen and oxygen atoms in total. The predicted molar refractivity (Wildman–Crippen MR) is 113 cm³/mol. The summed E-state index contributed by atoms with van der Waals surface area (Å²) in [6.07, 6.45) is -0.664. The Balaban J connectivity index is 1.49. The van der Waals surface area contributed by atoms with Gasteiger partial charge in [0.2, 0.25) is 12.7 Å². The predicted octanol–water partition coefficient (Wildman–Crippen LogP) is 2.81. The van der Waals surface area contributed by atoms with Crippen molar-refractivity contribution in [3.63, 3.8) is 0 Å². The molecule has 0 radical (unpaired) electrons. The van der Waals surface area contributed by atoms with Gasteiger partial charge in [0.25, 0.3) is 5.91 Å². The summed E-state index contributed by atoms with van der Waals surface area (Å²) < 4.78 is 15.6. The zero-order valence-corrected chi connectivity index (χ0v) is 17.6. The van der Waals surface area contributed by atoms with Crippen molar-refractivity contribution in [1.82, 2.24) is 10.6 Å². The topological polar surface area (TPSA) is 115 Å². The maximum atomic E-state index is 12.4. The number of hydrogen-bond acceptors (Lipinski definition) is 6. The number of rotatable bonds is 6. The van der Waals surface area contributed by atoms with Crippen LogP contribution in [0.2, 0.25) is 0 Å². The Morgan fingerprint density at radius 2 is 1.77 bits per heavy atom. The molecule has 0 atom stereocenters. The highest BCUT2D eigenvalue weighted by Crippen LogP contribution is 2.32. The van der Waals surface area contributed by atoms with Crippen LogP contribution in [0.25, 0.3) is 0 Å². The van der Waals surface area contributed by atoms with Gasteiger partial charge in [-0.05, 0) is 56.7 Å². The van der Waals surface area contributed by atoms with Gasteiger partial charge >= 0.3 is 6.09 Å². The average Bonchev–Trinajstić information content (AvgIpc) is 3.17. The molecule has 9 heteroatoms. The molecular formula is C22H25N3O6. The van der Waals surface area contributed by atoms with Crippen molar-refractivity contribution in [2.45, 2.75) is 32.9 Å². The minimum atomic E-state index is -0.664. The van der Waals surface area contributed by atoms with Crippen molar-refractivity contribution < 1.29 is 28.6 Å². The van der Waals surface area contributed by atoms with Gasteiger partial charge in [-0.2, -0.15) is 0 Å². The lowest BCUT2D eigenvalue weighted by atomic mass is 10.1. The monoisotopic (exact) mass is 427 g/mol. The first-order valence-corrected chi connectivity index (χ1v) is 9.73. The van der Waals surface area contributed by atoms with Crippen molar-refractivity contribution >= 4 is 23.6 Å². The molecule has 1 aliphatic rings. The fourth-order valence-electron chi connectivity index (χ4n) is 2.75. The van der Waals surface area contributed by atoms with Crippen molar-refractivity contribution in [2.24, 2.45) is 0 Å². The third kappa shape index (κ3) is 6.63. The fraction of sp³-hybridized carbons (Fsp3) is 0.318. The lowest BCUT2D eigenvalue weighted by Crippen LogP contribution is -2.37. The van der Waals surface area contributed by atoms with Gasteiger partial charge < -0.3 is 30.2 Å². The number of nitrogens with one attached hydrogen (secondary N) is 3. The van der Waals surface area contributed by atoms with Crippen LogP contribution in [0.3, 0.4) is 0 Å². The molecule has 0 bridgehead atoms. The van der Waals surface area contributed by atoms with Crippen LogP contribution >= 0.6 is 0 Å². The van der Waals surface area contributed by atoms with Crippen molar-refractivity contribution in [3.05, 3.63) is 53.6 Å². The van der Waals surface area contributed by atoms with Crippen LogP contribution in [-0.2, 0) is 16.1 Å². The summed E-state index contributed by atoms with van der Waals surface area (Å²) in [5, 5.41) is 7.92. The second-order valence-corrected chi connectivity index (χ2v) is 7.85. The number of carbonyl (C=O) groups is 3.